The Morgan fingerprint density at radius 2 is 1.71 bits per heavy atom. The topological polar surface area (TPSA) is 116 Å². The average Bonchev–Trinajstić information content (AvgIpc) is 3.53. The quantitative estimate of drug-likeness (QED) is 0.273. The molecule has 0 unspecified atom stereocenters. The van der Waals surface area contributed by atoms with E-state index >= 15 is 0 Å². The molecule has 0 radical (unpaired) electrons. The van der Waals surface area contributed by atoms with E-state index in [0.717, 1.165) is 36.8 Å². The number of H-pyrrole nitrogens is 1. The summed E-state index contributed by atoms with van der Waals surface area (Å²) in [7, 11) is 0. The largest absolute Gasteiger partial charge is 0.445 e. The van der Waals surface area contributed by atoms with Gasteiger partial charge in [0.15, 0.2) is 0 Å². The van der Waals surface area contributed by atoms with Gasteiger partial charge in [-0.05, 0) is 29.9 Å². The number of alkyl carbamates (subject to hydrolysis) is 1. The summed E-state index contributed by atoms with van der Waals surface area (Å²) in [5.74, 6) is -0.228. The second-order valence-electron chi connectivity index (χ2n) is 11.8. The van der Waals surface area contributed by atoms with Crippen LogP contribution in [0, 0.1) is 5.92 Å². The van der Waals surface area contributed by atoms with Crippen molar-refractivity contribution in [3.63, 3.8) is 0 Å². The first-order chi connectivity index (χ1) is 20.3. The Hall–Kier alpha value is -4.14. The van der Waals surface area contributed by atoms with Gasteiger partial charge in [0, 0.05) is 36.8 Å². The Kier molecular flexibility index (Phi) is 11.1. The lowest BCUT2D eigenvalue weighted by molar-refractivity contribution is -0.138. The predicted molar refractivity (Wildman–Crippen MR) is 161 cm³/mol. The highest BCUT2D eigenvalue weighted by Gasteiger charge is 2.31. The number of nitrogens with one attached hydrogen (secondary N) is 3. The Bertz CT molecular complexity index is 1260. The lowest BCUT2D eigenvalue weighted by atomic mass is 9.84. The van der Waals surface area contributed by atoms with Gasteiger partial charge in [-0.2, -0.15) is 0 Å². The van der Waals surface area contributed by atoms with E-state index in [1.807, 2.05) is 60.7 Å². The molecule has 3 aromatic rings. The molecule has 1 aromatic heterocycles. The van der Waals surface area contributed by atoms with Crippen molar-refractivity contribution in [1.29, 1.82) is 0 Å². The number of benzene rings is 2. The maximum atomic E-state index is 14.1. The van der Waals surface area contributed by atoms with E-state index in [9.17, 15) is 14.4 Å². The molecule has 224 valence electrons. The fourth-order valence-corrected chi connectivity index (χ4v) is 5.40. The van der Waals surface area contributed by atoms with Crippen LogP contribution in [0.25, 0.3) is 0 Å². The second-order valence-corrected chi connectivity index (χ2v) is 11.8. The van der Waals surface area contributed by atoms with Crippen LogP contribution in [0.3, 0.4) is 0 Å². The van der Waals surface area contributed by atoms with E-state index in [4.69, 9.17) is 4.74 Å². The van der Waals surface area contributed by atoms with E-state index in [-0.39, 0.29) is 36.8 Å². The zero-order valence-electron chi connectivity index (χ0n) is 24.7. The van der Waals surface area contributed by atoms with E-state index in [0.29, 0.717) is 24.7 Å². The number of amides is 3. The summed E-state index contributed by atoms with van der Waals surface area (Å²) >= 11 is 0. The van der Waals surface area contributed by atoms with Crippen LogP contribution in [0.15, 0.2) is 73.2 Å². The minimum Gasteiger partial charge on any atom is -0.445 e. The molecule has 3 amide bonds. The van der Waals surface area contributed by atoms with Crippen LogP contribution in [-0.2, 0) is 32.8 Å². The Labute approximate surface area is 248 Å². The van der Waals surface area contributed by atoms with Crippen LogP contribution in [0.5, 0.6) is 0 Å². The molecule has 1 aliphatic carbocycles. The Morgan fingerprint density at radius 1 is 1.02 bits per heavy atom. The zero-order chi connectivity index (χ0) is 29.8. The summed E-state index contributed by atoms with van der Waals surface area (Å²) in [6.45, 7) is 5.07. The van der Waals surface area contributed by atoms with E-state index in [2.05, 4.69) is 34.4 Å². The van der Waals surface area contributed by atoms with E-state index < -0.39 is 12.1 Å². The molecule has 0 aliphatic heterocycles. The maximum Gasteiger partial charge on any atom is 0.408 e. The van der Waals surface area contributed by atoms with Gasteiger partial charge < -0.3 is 25.3 Å². The highest BCUT2D eigenvalue weighted by molar-refractivity contribution is 5.89. The van der Waals surface area contributed by atoms with Gasteiger partial charge in [-0.15, -0.1) is 0 Å². The molecule has 9 heteroatoms. The van der Waals surface area contributed by atoms with E-state index in [1.54, 1.807) is 11.1 Å². The summed E-state index contributed by atoms with van der Waals surface area (Å²) in [6, 6.07) is 18.5. The number of rotatable bonds is 13. The predicted octanol–water partition coefficient (Wildman–Crippen LogP) is 4.75. The van der Waals surface area contributed by atoms with Crippen LogP contribution in [0.1, 0.15) is 62.8 Å². The molecule has 1 atom stereocenters. The first kappa shape index (κ1) is 30.8. The summed E-state index contributed by atoms with van der Waals surface area (Å²) in [5.41, 5.74) is 2.39. The summed E-state index contributed by atoms with van der Waals surface area (Å²) in [6.07, 6.45) is 8.13. The van der Waals surface area contributed by atoms with Crippen molar-refractivity contribution in [2.24, 2.45) is 5.92 Å². The van der Waals surface area contributed by atoms with Gasteiger partial charge in [0.05, 0.1) is 12.9 Å². The van der Waals surface area contributed by atoms with Gasteiger partial charge in [0.25, 0.3) is 0 Å². The third kappa shape index (κ3) is 9.46. The Balaban J connectivity index is 1.45. The van der Waals surface area contributed by atoms with Crippen molar-refractivity contribution in [2.75, 3.05) is 19.6 Å². The first-order valence-corrected chi connectivity index (χ1v) is 14.9. The van der Waals surface area contributed by atoms with Crippen LogP contribution in [0.4, 0.5) is 4.79 Å². The smallest absolute Gasteiger partial charge is 0.408 e. The van der Waals surface area contributed by atoms with Crippen LogP contribution < -0.4 is 10.6 Å². The van der Waals surface area contributed by atoms with Gasteiger partial charge in [-0.1, -0.05) is 93.8 Å². The van der Waals surface area contributed by atoms with Crippen LogP contribution >= 0.6 is 0 Å². The standard InChI is InChI=1S/C33H43N5O4/c1-33(2,27-16-10-5-11-17-27)23-35-30(39)21-38(20-25-12-6-3-7-13-25)31(40)29(18-28-19-34-24-36-28)37-32(41)42-22-26-14-8-4-9-15-26/h4-5,8-11,14-17,19,24-25,29H,3,6-7,12-13,18,20-23H2,1-2H3,(H,34,36)(H,35,39)(H,37,41)/t29-/m0/s1. The van der Waals surface area contributed by atoms with Gasteiger partial charge in [-0.3, -0.25) is 9.59 Å². The van der Waals surface area contributed by atoms with Gasteiger partial charge in [0.2, 0.25) is 11.8 Å². The molecule has 42 heavy (non-hydrogen) atoms. The minimum absolute atomic E-state index is 0.0829. The highest BCUT2D eigenvalue weighted by atomic mass is 16.5. The molecule has 1 fully saturated rings. The zero-order valence-corrected chi connectivity index (χ0v) is 24.7. The number of hydrogen-bond acceptors (Lipinski definition) is 5. The van der Waals surface area contributed by atoms with Crippen LogP contribution in [0.2, 0.25) is 0 Å². The summed E-state index contributed by atoms with van der Waals surface area (Å²) in [5, 5.41) is 5.81. The maximum absolute atomic E-state index is 14.1. The molecule has 0 saturated heterocycles. The fraction of sp³-hybridized carbons (Fsp3) is 0.455. The molecular formula is C33H43N5O4. The van der Waals surface area contributed by atoms with Gasteiger partial charge in [-0.25, -0.2) is 9.78 Å². The van der Waals surface area contributed by atoms with Gasteiger partial charge >= 0.3 is 6.09 Å². The minimum atomic E-state index is -0.925. The summed E-state index contributed by atoms with van der Waals surface area (Å²) in [4.78, 5) is 48.8. The number of aromatic amines is 1. The number of carbonyl (C=O) groups is 3. The molecule has 1 heterocycles. The molecule has 4 rings (SSSR count). The number of hydrogen-bond donors (Lipinski definition) is 3. The number of imidazole rings is 1. The third-order valence-electron chi connectivity index (χ3n) is 7.91. The van der Waals surface area contributed by atoms with Crippen LogP contribution in [-0.4, -0.2) is 58.5 Å². The molecule has 0 spiro atoms. The lowest BCUT2D eigenvalue weighted by Gasteiger charge is -2.32. The van der Waals surface area contributed by atoms with E-state index in [1.165, 1.54) is 12.7 Å². The molecule has 1 aliphatic rings. The number of carbonyl (C=O) groups excluding carboxylic acids is 3. The normalized spacial score (nSPS) is 14.5. The van der Waals surface area contributed by atoms with Crippen molar-refractivity contribution in [3.8, 4) is 0 Å². The highest BCUT2D eigenvalue weighted by Crippen LogP contribution is 2.25. The second kappa shape index (κ2) is 15.2. The monoisotopic (exact) mass is 573 g/mol. The molecule has 3 N–H and O–H groups in total. The number of nitrogens with zero attached hydrogens (tertiary/aromatic N) is 2. The lowest BCUT2D eigenvalue weighted by Crippen LogP contribution is -2.53. The van der Waals surface area contributed by atoms with Crippen molar-refractivity contribution in [1.82, 2.24) is 25.5 Å². The molecule has 1 saturated carbocycles. The number of aromatic nitrogens is 2. The van der Waals surface area contributed by atoms with Crippen molar-refractivity contribution in [3.05, 3.63) is 90.0 Å². The third-order valence-corrected chi connectivity index (χ3v) is 7.91. The van der Waals surface area contributed by atoms with Crippen molar-refractivity contribution < 1.29 is 19.1 Å². The fourth-order valence-electron chi connectivity index (χ4n) is 5.40. The summed E-state index contributed by atoms with van der Waals surface area (Å²) < 4.78 is 5.43. The first-order valence-electron chi connectivity index (χ1n) is 14.9. The molecule has 9 nitrogen and oxygen atoms in total. The molecule has 0 bridgehead atoms. The van der Waals surface area contributed by atoms with Gasteiger partial charge in [0.1, 0.15) is 12.6 Å². The number of ether oxygens (including phenoxy) is 1. The molecular weight excluding hydrogens is 530 g/mol. The van der Waals surface area contributed by atoms with Crippen molar-refractivity contribution >= 4 is 17.9 Å². The van der Waals surface area contributed by atoms with Crippen molar-refractivity contribution in [2.45, 2.75) is 70.4 Å². The Morgan fingerprint density at radius 3 is 2.38 bits per heavy atom. The molecule has 2 aromatic carbocycles. The average molecular weight is 574 g/mol. The SMILES string of the molecule is CC(C)(CNC(=O)CN(CC1CCCCC1)C(=O)[C@H](Cc1cnc[nH]1)NC(=O)OCc1ccccc1)c1ccccc1.